The van der Waals surface area contributed by atoms with Gasteiger partial charge in [0.25, 0.3) is 11.1 Å². The summed E-state index contributed by atoms with van der Waals surface area (Å²) in [5.41, 5.74) is 5.06. The highest BCUT2D eigenvalue weighted by molar-refractivity contribution is 7.99. The van der Waals surface area contributed by atoms with Crippen LogP contribution in [-0.2, 0) is 14.9 Å². The zero-order chi connectivity index (χ0) is 25.0. The van der Waals surface area contributed by atoms with Crippen LogP contribution in [0.3, 0.4) is 0 Å². The van der Waals surface area contributed by atoms with Crippen LogP contribution in [0.25, 0.3) is 11.1 Å². The van der Waals surface area contributed by atoms with E-state index < -0.39 is 10.1 Å². The number of nitrogens with zero attached hydrogens (tertiary/aromatic N) is 2. The van der Waals surface area contributed by atoms with Gasteiger partial charge in [0.05, 0.1) is 22.0 Å². The molecule has 0 saturated heterocycles. The second kappa shape index (κ2) is 10.7. The quantitative estimate of drug-likeness (QED) is 0.134. The van der Waals surface area contributed by atoms with Gasteiger partial charge in [0.15, 0.2) is 11.3 Å². The van der Waals surface area contributed by atoms with Crippen molar-refractivity contribution in [2.24, 2.45) is 5.10 Å². The van der Waals surface area contributed by atoms with Crippen LogP contribution < -0.4 is 9.61 Å². The SMILES string of the molecule is Cc1ccc(S(=O)(=O)Oc2c(Cl)cc(/C=N\NC(=O)CSc3nc4ccccc4o3)cc2Cl)cc1. The third-order valence-electron chi connectivity index (χ3n) is 4.53. The Bertz CT molecular complexity index is 1460. The standard InChI is InChI=1S/C23H17Cl2N3O5S2/c1-14-6-8-16(9-7-14)35(30,31)33-22-17(24)10-15(11-18(22)25)12-26-28-21(29)13-34-23-27-19-4-2-3-5-20(19)32-23/h2-12H,13H2,1H3,(H,28,29)/b26-12-. The van der Waals surface area contributed by atoms with Gasteiger partial charge in [-0.1, -0.05) is 64.8 Å². The van der Waals surface area contributed by atoms with E-state index in [1.54, 1.807) is 18.2 Å². The maximum atomic E-state index is 12.5. The molecule has 0 aliphatic carbocycles. The third-order valence-corrected chi connectivity index (χ3v) is 7.15. The molecule has 1 amide bonds. The number of rotatable bonds is 8. The zero-order valence-electron chi connectivity index (χ0n) is 18.1. The number of hydrazone groups is 1. The average molecular weight is 550 g/mol. The predicted molar refractivity (Wildman–Crippen MR) is 136 cm³/mol. The smallest absolute Gasteiger partial charge is 0.339 e. The van der Waals surface area contributed by atoms with E-state index in [1.165, 1.54) is 30.5 Å². The van der Waals surface area contributed by atoms with E-state index in [0.29, 0.717) is 21.9 Å². The Hall–Kier alpha value is -3.05. The van der Waals surface area contributed by atoms with E-state index in [-0.39, 0.29) is 32.4 Å². The molecule has 0 saturated carbocycles. The van der Waals surface area contributed by atoms with Gasteiger partial charge in [-0.15, -0.1) is 0 Å². The molecular formula is C23H17Cl2N3O5S2. The fraction of sp³-hybridized carbons (Fsp3) is 0.0870. The lowest BCUT2D eigenvalue weighted by atomic mass is 10.2. The first-order valence-corrected chi connectivity index (χ1v) is 13.2. The lowest BCUT2D eigenvalue weighted by Crippen LogP contribution is -2.19. The molecule has 0 spiro atoms. The maximum absolute atomic E-state index is 12.5. The minimum absolute atomic E-state index is 0.0284. The van der Waals surface area contributed by atoms with Crippen molar-refractivity contribution in [1.29, 1.82) is 0 Å². The van der Waals surface area contributed by atoms with Gasteiger partial charge in [0.1, 0.15) is 10.4 Å². The molecule has 4 rings (SSSR count). The Morgan fingerprint density at radius 1 is 1.14 bits per heavy atom. The van der Waals surface area contributed by atoms with Crippen molar-refractivity contribution in [2.75, 3.05) is 5.75 Å². The number of carbonyl (C=O) groups is 1. The highest BCUT2D eigenvalue weighted by Gasteiger charge is 2.21. The molecule has 0 unspecified atom stereocenters. The summed E-state index contributed by atoms with van der Waals surface area (Å²) >= 11 is 13.5. The van der Waals surface area contributed by atoms with E-state index in [4.69, 9.17) is 31.8 Å². The van der Waals surface area contributed by atoms with Crippen LogP contribution in [0.5, 0.6) is 5.75 Å². The third kappa shape index (κ3) is 6.34. The van der Waals surface area contributed by atoms with E-state index in [9.17, 15) is 13.2 Å². The molecule has 0 aliphatic heterocycles. The van der Waals surface area contributed by atoms with Crippen molar-refractivity contribution >= 4 is 68.3 Å². The van der Waals surface area contributed by atoms with Gasteiger partial charge in [0.2, 0.25) is 0 Å². The van der Waals surface area contributed by atoms with Crippen LogP contribution in [0.1, 0.15) is 11.1 Å². The molecule has 1 heterocycles. The van der Waals surface area contributed by atoms with E-state index >= 15 is 0 Å². The number of amides is 1. The van der Waals surface area contributed by atoms with E-state index in [0.717, 1.165) is 17.3 Å². The second-order valence-corrected chi connectivity index (χ2v) is 10.5. The highest BCUT2D eigenvalue weighted by atomic mass is 35.5. The lowest BCUT2D eigenvalue weighted by molar-refractivity contribution is -0.118. The molecule has 0 fully saturated rings. The predicted octanol–water partition coefficient (Wildman–Crippen LogP) is 5.45. The fourth-order valence-corrected chi connectivity index (χ4v) is 5.12. The van der Waals surface area contributed by atoms with Crippen LogP contribution in [0.4, 0.5) is 0 Å². The van der Waals surface area contributed by atoms with Gasteiger partial charge in [-0.05, 0) is 48.9 Å². The lowest BCUT2D eigenvalue weighted by Gasteiger charge is -2.11. The highest BCUT2D eigenvalue weighted by Crippen LogP contribution is 2.36. The van der Waals surface area contributed by atoms with Crippen molar-refractivity contribution < 1.29 is 21.8 Å². The van der Waals surface area contributed by atoms with Crippen molar-refractivity contribution in [3.05, 3.63) is 81.8 Å². The summed E-state index contributed by atoms with van der Waals surface area (Å²) in [5.74, 6) is -0.547. The van der Waals surface area contributed by atoms with Gasteiger partial charge >= 0.3 is 10.1 Å². The largest absolute Gasteiger partial charge is 0.431 e. The normalized spacial score (nSPS) is 11.7. The first-order valence-electron chi connectivity index (χ1n) is 10.0. The molecule has 0 atom stereocenters. The van der Waals surface area contributed by atoms with Gasteiger partial charge in [0, 0.05) is 0 Å². The summed E-state index contributed by atoms with van der Waals surface area (Å²) in [6, 6.07) is 16.3. The molecule has 180 valence electrons. The molecule has 1 N–H and O–H groups in total. The molecule has 8 nitrogen and oxygen atoms in total. The van der Waals surface area contributed by atoms with Crippen molar-refractivity contribution in [3.63, 3.8) is 0 Å². The number of para-hydroxylation sites is 2. The summed E-state index contributed by atoms with van der Waals surface area (Å²) in [6.45, 7) is 1.84. The Labute approximate surface area is 215 Å². The summed E-state index contributed by atoms with van der Waals surface area (Å²) in [4.78, 5) is 16.3. The van der Waals surface area contributed by atoms with Gasteiger partial charge in [-0.2, -0.15) is 13.5 Å². The molecule has 0 aliphatic rings. The van der Waals surface area contributed by atoms with Crippen molar-refractivity contribution in [1.82, 2.24) is 10.4 Å². The minimum Gasteiger partial charge on any atom is -0.431 e. The molecule has 12 heteroatoms. The maximum Gasteiger partial charge on any atom is 0.339 e. The number of benzene rings is 3. The molecule has 0 radical (unpaired) electrons. The Morgan fingerprint density at radius 2 is 1.83 bits per heavy atom. The average Bonchev–Trinajstić information content (AvgIpc) is 3.24. The number of nitrogens with one attached hydrogen (secondary N) is 1. The number of aromatic nitrogens is 1. The Balaban J connectivity index is 1.36. The van der Waals surface area contributed by atoms with Crippen molar-refractivity contribution in [3.8, 4) is 5.75 Å². The number of fused-ring (bicyclic) bond motifs is 1. The number of aryl methyl sites for hydroxylation is 1. The minimum atomic E-state index is -4.13. The van der Waals surface area contributed by atoms with Crippen LogP contribution in [0.15, 0.2) is 80.3 Å². The topological polar surface area (TPSA) is 111 Å². The molecule has 3 aromatic carbocycles. The number of hydrogen-bond acceptors (Lipinski definition) is 8. The van der Waals surface area contributed by atoms with Gasteiger partial charge in [-0.25, -0.2) is 10.4 Å². The Kier molecular flexibility index (Phi) is 7.66. The van der Waals surface area contributed by atoms with Crippen LogP contribution in [0.2, 0.25) is 10.0 Å². The molecule has 0 bridgehead atoms. The summed E-state index contributed by atoms with van der Waals surface area (Å²) in [7, 11) is -4.13. The summed E-state index contributed by atoms with van der Waals surface area (Å²) in [6.07, 6.45) is 1.32. The summed E-state index contributed by atoms with van der Waals surface area (Å²) in [5, 5.41) is 4.18. The van der Waals surface area contributed by atoms with Crippen molar-refractivity contribution in [2.45, 2.75) is 17.0 Å². The summed E-state index contributed by atoms with van der Waals surface area (Å²) < 4.78 is 35.8. The molecule has 4 aromatic rings. The number of halogens is 2. The van der Waals surface area contributed by atoms with Gasteiger partial charge < -0.3 is 8.60 Å². The Morgan fingerprint density at radius 3 is 2.51 bits per heavy atom. The number of hydrogen-bond donors (Lipinski definition) is 1. The monoisotopic (exact) mass is 549 g/mol. The first-order chi connectivity index (χ1) is 16.7. The van der Waals surface area contributed by atoms with Crippen LogP contribution in [-0.4, -0.2) is 31.3 Å². The first kappa shape index (κ1) is 25.1. The molecule has 35 heavy (non-hydrogen) atoms. The number of thioether (sulfide) groups is 1. The molecule has 1 aromatic heterocycles. The fourth-order valence-electron chi connectivity index (χ4n) is 2.85. The number of oxazole rings is 1. The van der Waals surface area contributed by atoms with Gasteiger partial charge in [-0.3, -0.25) is 4.79 Å². The van der Waals surface area contributed by atoms with E-state index in [1.807, 2.05) is 25.1 Å². The zero-order valence-corrected chi connectivity index (χ0v) is 21.2. The number of carbonyl (C=O) groups excluding carboxylic acids is 1. The van der Waals surface area contributed by atoms with Crippen LogP contribution in [0, 0.1) is 6.92 Å². The van der Waals surface area contributed by atoms with Crippen LogP contribution >= 0.6 is 35.0 Å². The van der Waals surface area contributed by atoms with E-state index in [2.05, 4.69) is 15.5 Å². The molecular weight excluding hydrogens is 533 g/mol. The second-order valence-electron chi connectivity index (χ2n) is 7.19.